The van der Waals surface area contributed by atoms with Crippen molar-refractivity contribution in [2.24, 2.45) is 0 Å². The molecule has 8 rings (SSSR count). The molecule has 2 saturated heterocycles. The minimum atomic E-state index is -0.500. The highest BCUT2D eigenvalue weighted by molar-refractivity contribution is 6.31. The van der Waals surface area contributed by atoms with Crippen LogP contribution in [0.15, 0.2) is 115 Å². The van der Waals surface area contributed by atoms with Crippen molar-refractivity contribution < 1.29 is 33.4 Å². The molecule has 0 aliphatic carbocycles. The molecule has 16 nitrogen and oxygen atoms in total. The van der Waals surface area contributed by atoms with Crippen molar-refractivity contribution >= 4 is 64.0 Å². The van der Waals surface area contributed by atoms with E-state index in [0.717, 1.165) is 64.8 Å². The second-order valence-corrected chi connectivity index (χ2v) is 16.7. The first-order valence-corrected chi connectivity index (χ1v) is 22.2. The van der Waals surface area contributed by atoms with Gasteiger partial charge < -0.3 is 25.4 Å². The topological polar surface area (TPSA) is 205 Å². The minimum absolute atomic E-state index is 0.0588. The van der Waals surface area contributed by atoms with Crippen molar-refractivity contribution in [3.05, 3.63) is 137 Å². The zero-order valence-corrected chi connectivity index (χ0v) is 38.1. The highest BCUT2D eigenvalue weighted by Crippen LogP contribution is 2.32. The SMILES string of the molecule is C=C(CN(C(=O)NCc1ccc(C=O)c(CN(C)C2CCC(=O)NC2=O)c1)c1cc(Cl)cc(OC)c1)C(=O)N1CCCCC1.Nc1nccc2[nH]nc(-c3ccc(Oc4ccccc4)cc3)c12. The first-order chi connectivity index (χ1) is 32.4. The van der Waals surface area contributed by atoms with E-state index in [1.54, 1.807) is 59.4 Å². The van der Waals surface area contributed by atoms with Gasteiger partial charge in [-0.3, -0.25) is 39.4 Å². The van der Waals surface area contributed by atoms with Gasteiger partial charge in [0, 0.05) is 66.6 Å². The number of hydrogen-bond donors (Lipinski definition) is 4. The second kappa shape index (κ2) is 22.1. The number of piperidine rings is 2. The normalized spacial score (nSPS) is 14.7. The third-order valence-electron chi connectivity index (χ3n) is 11.5. The molecule has 0 bridgehead atoms. The van der Waals surface area contributed by atoms with Gasteiger partial charge in [-0.05, 0) is 98.5 Å². The van der Waals surface area contributed by atoms with Crippen molar-refractivity contribution in [1.29, 1.82) is 0 Å². The molecule has 2 aromatic heterocycles. The largest absolute Gasteiger partial charge is 0.497 e. The third kappa shape index (κ3) is 12.0. The number of pyridine rings is 1. The molecule has 0 radical (unpaired) electrons. The van der Waals surface area contributed by atoms with Gasteiger partial charge in [-0.2, -0.15) is 5.10 Å². The number of ether oxygens (including phenoxy) is 2. The summed E-state index contributed by atoms with van der Waals surface area (Å²) in [6.45, 7) is 5.67. The van der Waals surface area contributed by atoms with Crippen molar-refractivity contribution in [3.8, 4) is 28.5 Å². The summed E-state index contributed by atoms with van der Waals surface area (Å²) in [5, 5.41) is 13.8. The molecular formula is C50H52ClN9O7. The van der Waals surface area contributed by atoms with E-state index in [0.29, 0.717) is 52.9 Å². The van der Waals surface area contributed by atoms with Gasteiger partial charge in [-0.25, -0.2) is 9.78 Å². The number of benzene rings is 4. The Bertz CT molecular complexity index is 2760. The van der Waals surface area contributed by atoms with Crippen molar-refractivity contribution in [1.82, 2.24) is 35.6 Å². The Hall–Kier alpha value is -7.56. The van der Waals surface area contributed by atoms with E-state index in [1.165, 1.54) is 12.0 Å². The van der Waals surface area contributed by atoms with E-state index >= 15 is 0 Å². The molecule has 5 amide bonds. The quantitative estimate of drug-likeness (QED) is 0.0474. The van der Waals surface area contributed by atoms with Crippen LogP contribution in [0.5, 0.6) is 17.2 Å². The molecule has 2 aliphatic rings. The number of nitrogen functional groups attached to an aromatic ring is 1. The van der Waals surface area contributed by atoms with Gasteiger partial charge in [0.15, 0.2) is 0 Å². The van der Waals surface area contributed by atoms with Crippen LogP contribution in [0.4, 0.5) is 16.3 Å². The lowest BCUT2D eigenvalue weighted by Gasteiger charge is -2.30. The number of carbonyl (C=O) groups excluding carboxylic acids is 5. The number of H-pyrrole nitrogens is 1. The number of rotatable bonds is 14. The molecule has 1 unspecified atom stereocenters. The van der Waals surface area contributed by atoms with Gasteiger partial charge in [0.25, 0.3) is 5.91 Å². The van der Waals surface area contributed by atoms with E-state index in [4.69, 9.17) is 26.8 Å². The second-order valence-electron chi connectivity index (χ2n) is 16.2. The average molecular weight is 926 g/mol. The van der Waals surface area contributed by atoms with Crippen LogP contribution in [0, 0.1) is 0 Å². The Labute approximate surface area is 393 Å². The zero-order valence-electron chi connectivity index (χ0n) is 37.3. The van der Waals surface area contributed by atoms with Gasteiger partial charge in [0.2, 0.25) is 11.8 Å². The van der Waals surface area contributed by atoms with Crippen LogP contribution in [0.1, 0.15) is 53.6 Å². The summed E-state index contributed by atoms with van der Waals surface area (Å²) < 4.78 is 11.1. The summed E-state index contributed by atoms with van der Waals surface area (Å²) in [7, 11) is 3.26. The van der Waals surface area contributed by atoms with Crippen LogP contribution >= 0.6 is 11.6 Å². The Morgan fingerprint density at radius 2 is 1.72 bits per heavy atom. The Morgan fingerprint density at radius 3 is 2.43 bits per heavy atom. The first kappa shape index (κ1) is 47.4. The number of urea groups is 1. The Balaban J connectivity index is 0.000000240. The van der Waals surface area contributed by atoms with E-state index in [9.17, 15) is 24.0 Å². The molecule has 67 heavy (non-hydrogen) atoms. The number of likely N-dealkylation sites (N-methyl/N-ethyl adjacent to an activating group) is 1. The number of halogens is 1. The third-order valence-corrected chi connectivity index (χ3v) is 11.7. The van der Waals surface area contributed by atoms with Crippen LogP contribution in [0.3, 0.4) is 0 Å². The Kier molecular flexibility index (Phi) is 15.6. The molecule has 4 aromatic carbocycles. The molecule has 17 heteroatoms. The minimum Gasteiger partial charge on any atom is -0.497 e. The van der Waals surface area contributed by atoms with Crippen LogP contribution in [0.2, 0.25) is 5.02 Å². The lowest BCUT2D eigenvalue weighted by molar-refractivity contribution is -0.137. The van der Waals surface area contributed by atoms with Gasteiger partial charge in [-0.1, -0.05) is 54.6 Å². The number of nitrogens with two attached hydrogens (primary N) is 1. The maximum absolute atomic E-state index is 13.6. The summed E-state index contributed by atoms with van der Waals surface area (Å²) in [6.07, 6.45) is 5.99. The standard InChI is InChI=1S/C32H38ClN5O6.C18H14N4O/c1-21(31(42)37-11-5-4-6-12-37)18-38(26-14-25(33)15-27(16-26)44-3)32(43)34-17-22-7-8-23(20-39)24(13-22)19-36(2)28-9-10-29(40)35-30(28)41;19-18-16-15(10-11-20-18)21-22-17(16)12-6-8-14(9-7-12)23-13-4-2-1-3-5-13/h7-8,13-16,20,28H,1,4-6,9-12,17-19H2,2-3H3,(H,34,43)(H,35,40,41);1-11H,(H2,19,20)(H,21,22). The molecule has 1 atom stereocenters. The number of aldehydes is 1. The van der Waals surface area contributed by atoms with Gasteiger partial charge in [0.05, 0.1) is 36.3 Å². The number of aromatic nitrogens is 3. The fraction of sp³-hybridized carbons (Fsp3) is 0.260. The maximum Gasteiger partial charge on any atom is 0.322 e. The summed E-state index contributed by atoms with van der Waals surface area (Å²) >= 11 is 6.32. The molecule has 5 N–H and O–H groups in total. The highest BCUT2D eigenvalue weighted by Gasteiger charge is 2.30. The molecule has 346 valence electrons. The van der Waals surface area contributed by atoms with Gasteiger partial charge >= 0.3 is 6.03 Å². The number of nitrogens with one attached hydrogen (secondary N) is 3. The van der Waals surface area contributed by atoms with Gasteiger partial charge in [0.1, 0.15) is 35.0 Å². The number of aromatic amines is 1. The lowest BCUT2D eigenvalue weighted by atomic mass is 10.0. The molecule has 0 spiro atoms. The molecule has 2 fully saturated rings. The molecule has 2 aliphatic heterocycles. The van der Waals surface area contributed by atoms with Crippen molar-refractivity contribution in [3.63, 3.8) is 0 Å². The smallest absolute Gasteiger partial charge is 0.322 e. The zero-order chi connectivity index (χ0) is 47.5. The fourth-order valence-corrected chi connectivity index (χ4v) is 8.18. The number of anilines is 2. The number of para-hydroxylation sites is 1. The summed E-state index contributed by atoms with van der Waals surface area (Å²) in [5.41, 5.74) is 11.2. The van der Waals surface area contributed by atoms with E-state index in [2.05, 4.69) is 32.4 Å². The van der Waals surface area contributed by atoms with Crippen LogP contribution < -0.4 is 30.7 Å². The number of hydrogen-bond acceptors (Lipinski definition) is 11. The van der Waals surface area contributed by atoms with Crippen LogP contribution in [-0.2, 0) is 27.5 Å². The number of methoxy groups -OCH3 is 1. The Morgan fingerprint density at radius 1 is 0.970 bits per heavy atom. The first-order valence-electron chi connectivity index (χ1n) is 21.8. The number of imide groups is 1. The number of nitrogens with zero attached hydrogens (tertiary/aromatic N) is 5. The van der Waals surface area contributed by atoms with E-state index in [-0.39, 0.29) is 49.3 Å². The molecule has 0 saturated carbocycles. The van der Waals surface area contributed by atoms with Crippen molar-refractivity contribution in [2.75, 3.05) is 44.4 Å². The number of carbonyl (C=O) groups is 5. The fourth-order valence-electron chi connectivity index (χ4n) is 7.96. The van der Waals surface area contributed by atoms with E-state index < -0.39 is 12.1 Å². The molecule has 4 heterocycles. The molecular weight excluding hydrogens is 874 g/mol. The van der Waals surface area contributed by atoms with Crippen LogP contribution in [0.25, 0.3) is 22.2 Å². The summed E-state index contributed by atoms with van der Waals surface area (Å²) in [5.74, 6) is 1.65. The highest BCUT2D eigenvalue weighted by atomic mass is 35.5. The summed E-state index contributed by atoms with van der Waals surface area (Å²) in [6, 6.07) is 28.4. The maximum atomic E-state index is 13.6. The van der Waals surface area contributed by atoms with Crippen molar-refractivity contribution in [2.45, 2.75) is 51.2 Å². The lowest BCUT2D eigenvalue weighted by Crippen LogP contribution is -2.51. The number of amides is 5. The molecule has 6 aromatic rings. The van der Waals surface area contributed by atoms with Gasteiger partial charge in [-0.15, -0.1) is 0 Å². The summed E-state index contributed by atoms with van der Waals surface area (Å²) in [4.78, 5) is 71.6. The van der Waals surface area contributed by atoms with Crippen LogP contribution in [-0.4, -0.2) is 94.9 Å². The average Bonchev–Trinajstić information content (AvgIpc) is 3.78. The van der Waals surface area contributed by atoms with E-state index in [1.807, 2.05) is 60.7 Å². The number of fused-ring (bicyclic) bond motifs is 1. The predicted octanol–water partition coefficient (Wildman–Crippen LogP) is 7.68. The number of likely N-dealkylation sites (tertiary alicyclic amines) is 1. The monoisotopic (exact) mass is 925 g/mol. The predicted molar refractivity (Wildman–Crippen MR) is 257 cm³/mol.